The lowest BCUT2D eigenvalue weighted by Gasteiger charge is -2.13. The molecule has 0 spiro atoms. The van der Waals surface area contributed by atoms with Crippen molar-refractivity contribution in [3.05, 3.63) is 17.7 Å². The Morgan fingerprint density at radius 2 is 2.38 bits per heavy atom. The Morgan fingerprint density at radius 1 is 1.62 bits per heavy atom. The summed E-state index contributed by atoms with van der Waals surface area (Å²) < 4.78 is 7.26. The van der Waals surface area contributed by atoms with E-state index in [0.717, 1.165) is 12.4 Å². The molecule has 1 unspecified atom stereocenters. The van der Waals surface area contributed by atoms with Gasteiger partial charge in [-0.05, 0) is 5.92 Å². The highest BCUT2D eigenvalue weighted by Crippen LogP contribution is 2.25. The fraction of sp³-hybridized carbons (Fsp3) is 0.636. The van der Waals surface area contributed by atoms with Crippen LogP contribution in [-0.2, 0) is 22.7 Å². The summed E-state index contributed by atoms with van der Waals surface area (Å²) in [6, 6.07) is 0. The van der Waals surface area contributed by atoms with Crippen molar-refractivity contribution < 1.29 is 14.6 Å². The fourth-order valence-corrected chi connectivity index (χ4v) is 2.01. The minimum atomic E-state index is -0.814. The molecule has 0 aromatic carbocycles. The highest BCUT2D eigenvalue weighted by Gasteiger charge is 2.27. The van der Waals surface area contributed by atoms with Crippen LogP contribution in [0.4, 0.5) is 0 Å². The number of imidazole rings is 1. The fourth-order valence-electron chi connectivity index (χ4n) is 2.01. The van der Waals surface area contributed by atoms with E-state index in [2.05, 4.69) is 4.98 Å². The van der Waals surface area contributed by atoms with E-state index in [0.29, 0.717) is 18.9 Å². The van der Waals surface area contributed by atoms with Gasteiger partial charge in [-0.15, -0.1) is 0 Å². The molecule has 5 heteroatoms. The Morgan fingerprint density at radius 3 is 2.94 bits per heavy atom. The molecular weight excluding hydrogens is 208 g/mol. The average Bonchev–Trinajstić information content (AvgIpc) is 2.58. The number of aromatic nitrogens is 2. The van der Waals surface area contributed by atoms with Crippen molar-refractivity contribution >= 4 is 5.97 Å². The Hall–Kier alpha value is -1.36. The topological polar surface area (TPSA) is 64.3 Å². The molecule has 1 aromatic heterocycles. The summed E-state index contributed by atoms with van der Waals surface area (Å²) in [7, 11) is 0. The molecule has 0 fully saturated rings. The molecule has 88 valence electrons. The van der Waals surface area contributed by atoms with Crippen LogP contribution in [0.3, 0.4) is 0 Å². The quantitative estimate of drug-likeness (QED) is 0.838. The van der Waals surface area contributed by atoms with E-state index in [1.165, 1.54) is 0 Å². The molecule has 16 heavy (non-hydrogen) atoms. The second kappa shape index (κ2) is 4.25. The second-order valence-electron chi connectivity index (χ2n) is 4.39. The molecule has 1 aliphatic rings. The van der Waals surface area contributed by atoms with Gasteiger partial charge < -0.3 is 14.4 Å². The van der Waals surface area contributed by atoms with Crippen molar-refractivity contribution in [3.63, 3.8) is 0 Å². The molecule has 0 saturated carbocycles. The van der Waals surface area contributed by atoms with Crippen LogP contribution in [0.1, 0.15) is 31.3 Å². The maximum Gasteiger partial charge on any atom is 0.312 e. The van der Waals surface area contributed by atoms with Crippen molar-refractivity contribution in [2.24, 2.45) is 5.92 Å². The molecular formula is C11H16N2O3. The van der Waals surface area contributed by atoms with Crippen molar-refractivity contribution in [1.29, 1.82) is 0 Å². The highest BCUT2D eigenvalue weighted by molar-refractivity contribution is 5.75. The molecule has 1 aliphatic heterocycles. The molecule has 2 heterocycles. The smallest absolute Gasteiger partial charge is 0.312 e. The van der Waals surface area contributed by atoms with Gasteiger partial charge in [0, 0.05) is 12.7 Å². The van der Waals surface area contributed by atoms with E-state index in [9.17, 15) is 9.90 Å². The zero-order chi connectivity index (χ0) is 11.7. The lowest BCUT2D eigenvalue weighted by molar-refractivity contribution is -0.140. The number of aliphatic carboxylic acids is 1. The summed E-state index contributed by atoms with van der Waals surface area (Å²) in [6.45, 7) is 5.70. The van der Waals surface area contributed by atoms with Gasteiger partial charge in [-0.3, -0.25) is 4.79 Å². The van der Waals surface area contributed by atoms with Crippen molar-refractivity contribution in [2.75, 3.05) is 6.61 Å². The number of carboxylic acid groups (broad SMARTS) is 1. The van der Waals surface area contributed by atoms with E-state index in [-0.39, 0.29) is 5.92 Å². The van der Waals surface area contributed by atoms with Crippen LogP contribution in [0.5, 0.6) is 0 Å². The van der Waals surface area contributed by atoms with Crippen LogP contribution < -0.4 is 0 Å². The molecule has 0 bridgehead atoms. The predicted octanol–water partition coefficient (Wildman–Crippen LogP) is 1.24. The molecule has 1 N–H and O–H groups in total. The second-order valence-corrected chi connectivity index (χ2v) is 4.39. The number of carbonyl (C=O) groups is 1. The summed E-state index contributed by atoms with van der Waals surface area (Å²) in [6.07, 6.45) is 1.84. The van der Waals surface area contributed by atoms with Crippen molar-refractivity contribution in [3.8, 4) is 0 Å². The van der Waals surface area contributed by atoms with Gasteiger partial charge in [-0.25, -0.2) is 4.98 Å². The van der Waals surface area contributed by atoms with Gasteiger partial charge in [0.2, 0.25) is 0 Å². The van der Waals surface area contributed by atoms with Crippen molar-refractivity contribution in [1.82, 2.24) is 9.55 Å². The third-order valence-corrected chi connectivity index (χ3v) is 2.84. The highest BCUT2D eigenvalue weighted by atomic mass is 16.5. The first-order valence-electron chi connectivity index (χ1n) is 5.46. The largest absolute Gasteiger partial charge is 0.481 e. The monoisotopic (exact) mass is 224 g/mol. The molecule has 1 aromatic rings. The lowest BCUT2D eigenvalue weighted by Crippen LogP contribution is -2.17. The summed E-state index contributed by atoms with van der Waals surface area (Å²) >= 11 is 0. The zero-order valence-corrected chi connectivity index (χ0v) is 9.51. The molecule has 0 amide bonds. The molecule has 0 radical (unpaired) electrons. The van der Waals surface area contributed by atoms with E-state index in [1.807, 2.05) is 24.6 Å². The van der Waals surface area contributed by atoms with Crippen LogP contribution in [0.25, 0.3) is 0 Å². The minimum absolute atomic E-state index is 0.0374. The number of fused-ring (bicyclic) bond motifs is 1. The Labute approximate surface area is 94.1 Å². The van der Waals surface area contributed by atoms with Crippen LogP contribution in [-0.4, -0.2) is 27.2 Å². The molecule has 5 nitrogen and oxygen atoms in total. The number of carboxylic acids is 1. The van der Waals surface area contributed by atoms with Gasteiger partial charge in [0.15, 0.2) is 0 Å². The number of hydrogen-bond donors (Lipinski definition) is 1. The lowest BCUT2D eigenvalue weighted by atomic mass is 9.93. The van der Waals surface area contributed by atoms with Gasteiger partial charge in [-0.1, -0.05) is 13.8 Å². The van der Waals surface area contributed by atoms with E-state index >= 15 is 0 Å². The SMILES string of the molecule is CC(C)C(C(=O)O)c1cn2c(n1)COCC2. The average molecular weight is 224 g/mol. The number of rotatable bonds is 3. The molecule has 0 aliphatic carbocycles. The van der Waals surface area contributed by atoms with Crippen LogP contribution in [0.2, 0.25) is 0 Å². The Bertz CT molecular complexity index is 374. The van der Waals surface area contributed by atoms with Crippen LogP contribution in [0, 0.1) is 5.92 Å². The number of ether oxygens (including phenoxy) is 1. The van der Waals surface area contributed by atoms with E-state index in [4.69, 9.17) is 4.74 Å². The first kappa shape index (κ1) is 11.1. The standard InChI is InChI=1S/C11H16N2O3/c1-7(2)10(11(14)15)8-5-13-3-4-16-6-9(13)12-8/h5,7,10H,3-4,6H2,1-2H3,(H,14,15). The van der Waals surface area contributed by atoms with Gasteiger partial charge in [-0.2, -0.15) is 0 Å². The first-order valence-corrected chi connectivity index (χ1v) is 5.46. The summed E-state index contributed by atoms with van der Waals surface area (Å²) in [5.74, 6) is -0.479. The third-order valence-electron chi connectivity index (χ3n) is 2.84. The molecule has 2 rings (SSSR count). The number of nitrogens with zero attached hydrogens (tertiary/aromatic N) is 2. The van der Waals surface area contributed by atoms with E-state index < -0.39 is 11.9 Å². The van der Waals surface area contributed by atoms with Crippen LogP contribution in [0.15, 0.2) is 6.20 Å². The van der Waals surface area contributed by atoms with Gasteiger partial charge >= 0.3 is 5.97 Å². The summed E-state index contributed by atoms with van der Waals surface area (Å²) in [5, 5.41) is 9.18. The Balaban J connectivity index is 2.31. The third kappa shape index (κ3) is 1.95. The minimum Gasteiger partial charge on any atom is -0.481 e. The van der Waals surface area contributed by atoms with Gasteiger partial charge in [0.05, 0.1) is 12.3 Å². The molecule has 0 saturated heterocycles. The van der Waals surface area contributed by atoms with Gasteiger partial charge in [0.1, 0.15) is 18.3 Å². The molecule has 1 atom stereocenters. The maximum atomic E-state index is 11.2. The maximum absolute atomic E-state index is 11.2. The predicted molar refractivity (Wildman–Crippen MR) is 57.1 cm³/mol. The van der Waals surface area contributed by atoms with Crippen LogP contribution >= 0.6 is 0 Å². The summed E-state index contributed by atoms with van der Waals surface area (Å²) in [4.78, 5) is 15.5. The van der Waals surface area contributed by atoms with E-state index in [1.54, 1.807) is 0 Å². The first-order chi connectivity index (χ1) is 7.59. The van der Waals surface area contributed by atoms with Crippen molar-refractivity contribution in [2.45, 2.75) is 32.9 Å². The number of hydrogen-bond acceptors (Lipinski definition) is 3. The summed E-state index contributed by atoms with van der Waals surface area (Å²) in [5.41, 5.74) is 0.642. The van der Waals surface area contributed by atoms with Gasteiger partial charge in [0.25, 0.3) is 0 Å². The zero-order valence-electron chi connectivity index (χ0n) is 9.51. The Kier molecular flexibility index (Phi) is 2.96. The normalized spacial score (nSPS) is 17.2.